The van der Waals surface area contributed by atoms with Crippen LogP contribution in [0.2, 0.25) is 0 Å². The Kier molecular flexibility index (Phi) is 12.7. The maximum atomic E-state index is 13.2. The third-order valence-corrected chi connectivity index (χ3v) is 5.79. The molecular weight excluding hydrogens is 542 g/mol. The number of aromatic nitrogens is 4. The maximum Gasteiger partial charge on any atom is 0.326 e. The highest BCUT2D eigenvalue weighted by molar-refractivity contribution is 5.94. The molecule has 0 aliphatic rings. The molecule has 2 aromatic heterocycles. The van der Waals surface area contributed by atoms with E-state index in [0.717, 1.165) is 0 Å². The van der Waals surface area contributed by atoms with Gasteiger partial charge in [-0.25, -0.2) is 14.8 Å². The van der Waals surface area contributed by atoms with Crippen molar-refractivity contribution in [1.82, 2.24) is 35.9 Å². The highest BCUT2D eigenvalue weighted by atomic mass is 16.4. The lowest BCUT2D eigenvalue weighted by Gasteiger charge is -2.25. The fraction of sp³-hybridized carbons (Fsp3) is 0.478. The Hall–Kier alpha value is -5.00. The molecule has 4 atom stereocenters. The zero-order valence-corrected chi connectivity index (χ0v) is 22.1. The van der Waals surface area contributed by atoms with Gasteiger partial charge < -0.3 is 53.3 Å². The molecule has 0 fully saturated rings. The lowest BCUT2D eigenvalue weighted by molar-refractivity contribution is -0.142. The van der Waals surface area contributed by atoms with E-state index < -0.39 is 60.2 Å². The molecule has 0 aliphatic carbocycles. The fourth-order valence-electron chi connectivity index (χ4n) is 3.65. The van der Waals surface area contributed by atoms with Crippen LogP contribution < -0.4 is 33.2 Å². The SMILES string of the molecule is NC(N)=NCCCC(N)C(=O)NC(CCC(=O)O)C(=O)NC(Cc1cnc[nH]1)C(=O)NC(Cc1cnc[nH]1)C(=O)O. The summed E-state index contributed by atoms with van der Waals surface area (Å²) in [6.45, 7) is 0.230. The van der Waals surface area contributed by atoms with Crippen molar-refractivity contribution >= 4 is 35.6 Å². The average molecular weight is 578 g/mol. The third-order valence-electron chi connectivity index (χ3n) is 5.79. The van der Waals surface area contributed by atoms with Crippen molar-refractivity contribution in [2.24, 2.45) is 22.2 Å². The van der Waals surface area contributed by atoms with Crippen molar-refractivity contribution in [2.45, 2.75) is 62.7 Å². The number of carbonyl (C=O) groups excluding carboxylic acids is 3. The van der Waals surface area contributed by atoms with Gasteiger partial charge in [0, 0.05) is 49.6 Å². The molecule has 0 spiro atoms. The number of aliphatic imine (C=N–C) groups is 1. The summed E-state index contributed by atoms with van der Waals surface area (Å²) < 4.78 is 0. The lowest BCUT2D eigenvalue weighted by atomic mass is 10.1. The Morgan fingerprint density at radius 3 is 1.88 bits per heavy atom. The number of hydrogen-bond acceptors (Lipinski definition) is 9. The zero-order valence-electron chi connectivity index (χ0n) is 22.1. The lowest BCUT2D eigenvalue weighted by Crippen LogP contribution is -2.58. The van der Waals surface area contributed by atoms with Gasteiger partial charge in [0.1, 0.15) is 18.1 Å². The van der Waals surface area contributed by atoms with Gasteiger partial charge >= 0.3 is 11.9 Å². The number of aromatic amines is 2. The van der Waals surface area contributed by atoms with Crippen LogP contribution in [0.15, 0.2) is 30.0 Å². The summed E-state index contributed by atoms with van der Waals surface area (Å²) in [5.41, 5.74) is 17.3. The molecule has 18 heteroatoms. The quantitative estimate of drug-likeness (QED) is 0.0473. The molecule has 224 valence electrons. The van der Waals surface area contributed by atoms with Crippen LogP contribution in [0.25, 0.3) is 0 Å². The molecule has 3 amide bonds. The van der Waals surface area contributed by atoms with Crippen LogP contribution in [0.5, 0.6) is 0 Å². The second-order valence-corrected chi connectivity index (χ2v) is 9.07. The van der Waals surface area contributed by atoms with E-state index in [9.17, 15) is 29.1 Å². The molecule has 2 heterocycles. The molecule has 0 aromatic carbocycles. The van der Waals surface area contributed by atoms with Crippen LogP contribution in [0, 0.1) is 0 Å². The van der Waals surface area contributed by atoms with E-state index in [2.05, 4.69) is 40.9 Å². The number of hydrogen-bond donors (Lipinski definition) is 10. The number of nitrogens with one attached hydrogen (secondary N) is 5. The van der Waals surface area contributed by atoms with Crippen LogP contribution >= 0.6 is 0 Å². The Bertz CT molecular complexity index is 1180. The van der Waals surface area contributed by atoms with Crippen LogP contribution in [0.1, 0.15) is 37.1 Å². The molecule has 0 aliphatic heterocycles. The van der Waals surface area contributed by atoms with Gasteiger partial charge in [0.2, 0.25) is 17.7 Å². The molecule has 0 bridgehead atoms. The Balaban J connectivity index is 2.15. The number of guanidine groups is 1. The first-order chi connectivity index (χ1) is 19.5. The van der Waals surface area contributed by atoms with E-state index in [1.54, 1.807) is 0 Å². The normalized spacial score (nSPS) is 13.7. The van der Waals surface area contributed by atoms with Crippen molar-refractivity contribution < 1.29 is 34.2 Å². The smallest absolute Gasteiger partial charge is 0.326 e. The van der Waals surface area contributed by atoms with E-state index in [0.29, 0.717) is 17.8 Å². The highest BCUT2D eigenvalue weighted by Gasteiger charge is 2.31. The van der Waals surface area contributed by atoms with Crippen LogP contribution in [-0.4, -0.2) is 96.5 Å². The highest BCUT2D eigenvalue weighted by Crippen LogP contribution is 2.06. The largest absolute Gasteiger partial charge is 0.481 e. The second kappa shape index (κ2) is 16.2. The second-order valence-electron chi connectivity index (χ2n) is 9.07. The summed E-state index contributed by atoms with van der Waals surface area (Å²) >= 11 is 0. The Morgan fingerprint density at radius 1 is 0.829 bits per heavy atom. The van der Waals surface area contributed by atoms with Gasteiger partial charge in [-0.15, -0.1) is 0 Å². The van der Waals surface area contributed by atoms with Gasteiger partial charge in [-0.2, -0.15) is 0 Å². The Morgan fingerprint density at radius 2 is 1.37 bits per heavy atom. The fourth-order valence-corrected chi connectivity index (χ4v) is 3.65. The number of imidazole rings is 2. The zero-order chi connectivity index (χ0) is 30.4. The summed E-state index contributed by atoms with van der Waals surface area (Å²) in [6, 6.07) is -5.08. The maximum absolute atomic E-state index is 13.2. The summed E-state index contributed by atoms with van der Waals surface area (Å²) in [7, 11) is 0. The Labute approximate surface area is 234 Å². The molecular formula is C23H35N11O7. The molecule has 2 aromatic rings. The number of carboxylic acids is 2. The predicted molar refractivity (Wildman–Crippen MR) is 143 cm³/mol. The standard InChI is InChI=1S/C23H35N11O7/c24-14(2-1-5-29-23(25)26)19(37)32-15(3-4-18(35)36)20(38)33-16(6-12-8-27-10-30-12)21(39)34-17(22(40)41)7-13-9-28-11-31-13/h8-11,14-17H,1-7,24H2,(H,27,30)(H,28,31)(H,32,37)(H,33,38)(H,34,39)(H,35,36)(H,40,41)(H4,25,26,29). The van der Waals surface area contributed by atoms with Crippen molar-refractivity contribution in [1.29, 1.82) is 0 Å². The molecule has 0 radical (unpaired) electrons. The number of amides is 3. The van der Waals surface area contributed by atoms with E-state index in [4.69, 9.17) is 22.3 Å². The summed E-state index contributed by atoms with van der Waals surface area (Å²) in [5, 5.41) is 26.1. The van der Waals surface area contributed by atoms with Crippen molar-refractivity contribution in [2.75, 3.05) is 6.54 Å². The summed E-state index contributed by atoms with van der Waals surface area (Å²) in [5.74, 6) is -5.07. The number of carbonyl (C=O) groups is 5. The van der Waals surface area contributed by atoms with Gasteiger partial charge in [0.15, 0.2) is 5.96 Å². The van der Waals surface area contributed by atoms with Crippen molar-refractivity contribution in [3.8, 4) is 0 Å². The van der Waals surface area contributed by atoms with Gasteiger partial charge in [0.05, 0.1) is 18.7 Å². The first-order valence-electron chi connectivity index (χ1n) is 12.6. The summed E-state index contributed by atoms with van der Waals surface area (Å²) in [4.78, 5) is 79.1. The topological polar surface area (TPSA) is 310 Å². The van der Waals surface area contributed by atoms with Gasteiger partial charge in [-0.1, -0.05) is 0 Å². The molecule has 18 nitrogen and oxygen atoms in total. The number of carboxylic acid groups (broad SMARTS) is 2. The summed E-state index contributed by atoms with van der Waals surface area (Å²) in [6.07, 6.45) is 5.09. The third kappa shape index (κ3) is 11.7. The van der Waals surface area contributed by atoms with Gasteiger partial charge in [-0.3, -0.25) is 24.2 Å². The minimum absolute atomic E-state index is 0.107. The molecule has 41 heavy (non-hydrogen) atoms. The molecule has 0 saturated carbocycles. The first-order valence-corrected chi connectivity index (χ1v) is 12.6. The van der Waals surface area contributed by atoms with Gasteiger partial charge in [-0.05, 0) is 19.3 Å². The number of H-pyrrole nitrogens is 2. The van der Waals surface area contributed by atoms with Crippen LogP contribution in [0.3, 0.4) is 0 Å². The average Bonchev–Trinajstić information content (AvgIpc) is 3.62. The minimum Gasteiger partial charge on any atom is -0.481 e. The van der Waals surface area contributed by atoms with Crippen molar-refractivity contribution in [3.05, 3.63) is 36.4 Å². The molecule has 0 saturated heterocycles. The van der Waals surface area contributed by atoms with E-state index >= 15 is 0 Å². The van der Waals surface area contributed by atoms with Gasteiger partial charge in [0.25, 0.3) is 0 Å². The number of nitrogens with zero attached hydrogens (tertiary/aromatic N) is 3. The first kappa shape index (κ1) is 32.2. The molecule has 4 unspecified atom stereocenters. The number of rotatable bonds is 18. The number of aliphatic carboxylic acids is 2. The van der Waals surface area contributed by atoms with E-state index in [-0.39, 0.29) is 38.2 Å². The molecule has 13 N–H and O–H groups in total. The monoisotopic (exact) mass is 577 g/mol. The van der Waals surface area contributed by atoms with Crippen molar-refractivity contribution in [3.63, 3.8) is 0 Å². The number of nitrogens with two attached hydrogens (primary N) is 3. The van der Waals surface area contributed by atoms with E-state index in [1.807, 2.05) is 0 Å². The van der Waals surface area contributed by atoms with Crippen LogP contribution in [0.4, 0.5) is 0 Å². The van der Waals surface area contributed by atoms with E-state index in [1.165, 1.54) is 25.0 Å². The molecule has 2 rings (SSSR count). The minimum atomic E-state index is -1.36. The van der Waals surface area contributed by atoms with Crippen LogP contribution in [-0.2, 0) is 36.8 Å². The predicted octanol–water partition coefficient (Wildman–Crippen LogP) is -3.30.